The van der Waals surface area contributed by atoms with E-state index < -0.39 is 0 Å². The Kier molecular flexibility index (Phi) is 6.24. The number of benzene rings is 2. The molecular weight excluding hydrogens is 308 g/mol. The Morgan fingerprint density at radius 1 is 0.840 bits per heavy atom. The molecule has 0 aliphatic rings. The zero-order chi connectivity index (χ0) is 18.6. The van der Waals surface area contributed by atoms with Gasteiger partial charge >= 0.3 is 0 Å². The van der Waals surface area contributed by atoms with E-state index in [9.17, 15) is 5.11 Å². The standard InChI is InChI=1S/C22H30N2O/c1-15(2)19-13-10-14-20(16(3)4)21(19)23-22(25)24(6)17(5)18-11-8-7-9-12-18/h7-17H,1-6H3,(H,23,25)/p-1. The third-order valence-corrected chi connectivity index (χ3v) is 4.71. The zero-order valence-electron chi connectivity index (χ0n) is 16.2. The maximum absolute atomic E-state index is 12.8. The Bertz CT molecular complexity index is 694. The molecule has 0 aliphatic carbocycles. The fraction of sp³-hybridized carbons (Fsp3) is 0.409. The molecule has 2 rings (SSSR count). The predicted octanol–water partition coefficient (Wildman–Crippen LogP) is 4.97. The van der Waals surface area contributed by atoms with Crippen molar-refractivity contribution in [1.82, 2.24) is 4.90 Å². The lowest BCUT2D eigenvalue weighted by Crippen LogP contribution is -2.38. The van der Waals surface area contributed by atoms with E-state index in [0.717, 1.165) is 22.4 Å². The molecular formula is C22H29N2O-. The van der Waals surface area contributed by atoms with E-state index in [0.29, 0.717) is 11.8 Å². The third-order valence-electron chi connectivity index (χ3n) is 4.71. The van der Waals surface area contributed by atoms with E-state index >= 15 is 0 Å². The van der Waals surface area contributed by atoms with E-state index in [4.69, 9.17) is 0 Å². The molecule has 1 unspecified atom stereocenters. The Morgan fingerprint density at radius 3 is 1.84 bits per heavy atom. The molecule has 0 saturated carbocycles. The summed E-state index contributed by atoms with van der Waals surface area (Å²) in [5.74, 6) is 0.643. The summed E-state index contributed by atoms with van der Waals surface area (Å²) < 4.78 is 0. The molecule has 0 radical (unpaired) electrons. The van der Waals surface area contributed by atoms with Crippen LogP contribution in [-0.4, -0.2) is 18.0 Å². The normalized spacial score (nSPS) is 13.4. The highest BCUT2D eigenvalue weighted by Gasteiger charge is 2.15. The van der Waals surface area contributed by atoms with E-state index in [1.165, 1.54) is 0 Å². The second-order valence-electron chi connectivity index (χ2n) is 7.19. The average Bonchev–Trinajstić information content (AvgIpc) is 2.60. The van der Waals surface area contributed by atoms with Gasteiger partial charge in [-0.05, 0) is 35.4 Å². The number of rotatable bonds is 5. The van der Waals surface area contributed by atoms with Gasteiger partial charge in [-0.1, -0.05) is 76.2 Å². The van der Waals surface area contributed by atoms with Crippen LogP contribution in [0.1, 0.15) is 69.2 Å². The van der Waals surface area contributed by atoms with Crippen molar-refractivity contribution in [2.75, 3.05) is 7.05 Å². The minimum atomic E-state index is -0.202. The van der Waals surface area contributed by atoms with Gasteiger partial charge in [0, 0.05) is 7.05 Å². The highest BCUT2D eigenvalue weighted by Crippen LogP contribution is 2.35. The fourth-order valence-corrected chi connectivity index (χ4v) is 2.94. The molecule has 0 bridgehead atoms. The molecule has 25 heavy (non-hydrogen) atoms. The second-order valence-corrected chi connectivity index (χ2v) is 7.19. The van der Waals surface area contributed by atoms with Gasteiger partial charge in [-0.3, -0.25) is 0 Å². The lowest BCUT2D eigenvalue weighted by atomic mass is 9.93. The van der Waals surface area contributed by atoms with Crippen LogP contribution in [0.2, 0.25) is 0 Å². The minimum Gasteiger partial charge on any atom is -0.846 e. The SMILES string of the molecule is CC(C)c1cccc(C(C)C)c1N=C([O-])N(C)C(C)c1ccccc1. The summed E-state index contributed by atoms with van der Waals surface area (Å²) in [4.78, 5) is 6.24. The highest BCUT2D eigenvalue weighted by atomic mass is 16.3. The number of aliphatic imine (C=N–C) groups is 1. The summed E-state index contributed by atoms with van der Waals surface area (Å²) in [7, 11) is 1.82. The van der Waals surface area contributed by atoms with Crippen LogP contribution in [0, 0.1) is 0 Å². The van der Waals surface area contributed by atoms with Crippen molar-refractivity contribution >= 4 is 11.7 Å². The summed E-state index contributed by atoms with van der Waals surface area (Å²) in [6.07, 6.45) is 0. The van der Waals surface area contributed by atoms with Gasteiger partial charge < -0.3 is 10.0 Å². The Labute approximate surface area is 152 Å². The second kappa shape index (κ2) is 8.19. The molecule has 3 nitrogen and oxygen atoms in total. The number of amidine groups is 1. The van der Waals surface area contributed by atoms with Gasteiger partial charge in [0.1, 0.15) is 0 Å². The first-order chi connectivity index (χ1) is 11.8. The summed E-state index contributed by atoms with van der Waals surface area (Å²) in [6.45, 7) is 10.6. The molecule has 0 aliphatic heterocycles. The Balaban J connectivity index is 2.41. The van der Waals surface area contributed by atoms with Crippen molar-refractivity contribution in [3.05, 3.63) is 65.2 Å². The van der Waals surface area contributed by atoms with Gasteiger partial charge in [0.2, 0.25) is 0 Å². The fourth-order valence-electron chi connectivity index (χ4n) is 2.94. The summed E-state index contributed by atoms with van der Waals surface area (Å²) in [5, 5.41) is 12.8. The van der Waals surface area contributed by atoms with Crippen molar-refractivity contribution in [2.45, 2.75) is 52.5 Å². The maximum Gasteiger partial charge on any atom is 0.0709 e. The van der Waals surface area contributed by atoms with Crippen LogP contribution in [0.4, 0.5) is 5.69 Å². The molecule has 1 atom stereocenters. The molecule has 0 spiro atoms. The van der Waals surface area contributed by atoms with Gasteiger partial charge in [0.15, 0.2) is 0 Å². The molecule has 0 fully saturated rings. The van der Waals surface area contributed by atoms with Crippen LogP contribution >= 0.6 is 0 Å². The first-order valence-corrected chi connectivity index (χ1v) is 8.99. The van der Waals surface area contributed by atoms with E-state index in [1.807, 2.05) is 44.3 Å². The lowest BCUT2D eigenvalue weighted by molar-refractivity contribution is -0.235. The molecule has 0 saturated heterocycles. The van der Waals surface area contributed by atoms with Crippen LogP contribution in [0.25, 0.3) is 0 Å². The molecule has 3 heteroatoms. The van der Waals surface area contributed by atoms with Gasteiger partial charge in [-0.2, -0.15) is 0 Å². The smallest absolute Gasteiger partial charge is 0.0709 e. The van der Waals surface area contributed by atoms with Crippen molar-refractivity contribution in [3.63, 3.8) is 0 Å². The average molecular weight is 337 g/mol. The summed E-state index contributed by atoms with van der Waals surface area (Å²) >= 11 is 0. The van der Waals surface area contributed by atoms with Gasteiger partial charge in [-0.15, -0.1) is 0 Å². The lowest BCUT2D eigenvalue weighted by Gasteiger charge is -2.32. The van der Waals surface area contributed by atoms with Gasteiger partial charge in [-0.25, -0.2) is 4.99 Å². The number of hydrogen-bond donors (Lipinski definition) is 0. The predicted molar refractivity (Wildman–Crippen MR) is 104 cm³/mol. The molecule has 2 aromatic rings. The topological polar surface area (TPSA) is 38.7 Å². The van der Waals surface area contributed by atoms with Crippen LogP contribution in [0.3, 0.4) is 0 Å². The maximum atomic E-state index is 12.8. The molecule has 0 aromatic heterocycles. The van der Waals surface area contributed by atoms with Crippen molar-refractivity contribution < 1.29 is 5.11 Å². The van der Waals surface area contributed by atoms with Crippen molar-refractivity contribution in [3.8, 4) is 0 Å². The molecule has 0 amide bonds. The molecule has 134 valence electrons. The molecule has 2 aromatic carbocycles. The first kappa shape index (κ1) is 19.0. The number of para-hydroxylation sites is 1. The zero-order valence-corrected chi connectivity index (χ0v) is 16.2. The minimum absolute atomic E-state index is 0.0221. The van der Waals surface area contributed by atoms with Crippen LogP contribution in [-0.2, 0) is 0 Å². The number of hydrogen-bond acceptors (Lipinski definition) is 2. The van der Waals surface area contributed by atoms with Crippen LogP contribution in [0.15, 0.2) is 53.5 Å². The molecule has 0 heterocycles. The highest BCUT2D eigenvalue weighted by molar-refractivity contribution is 5.75. The summed E-state index contributed by atoms with van der Waals surface area (Å²) in [5.41, 5.74) is 4.19. The molecule has 0 N–H and O–H groups in total. The van der Waals surface area contributed by atoms with Crippen molar-refractivity contribution in [2.24, 2.45) is 4.99 Å². The van der Waals surface area contributed by atoms with E-state index in [-0.39, 0.29) is 12.1 Å². The quantitative estimate of drug-likeness (QED) is 0.570. The Hall–Kier alpha value is -2.29. The monoisotopic (exact) mass is 337 g/mol. The van der Waals surface area contributed by atoms with Crippen LogP contribution < -0.4 is 5.11 Å². The number of nitrogens with zero attached hydrogens (tertiary/aromatic N) is 2. The van der Waals surface area contributed by atoms with Gasteiger partial charge in [0.05, 0.1) is 17.8 Å². The first-order valence-electron chi connectivity index (χ1n) is 8.99. The van der Waals surface area contributed by atoms with Crippen molar-refractivity contribution in [1.29, 1.82) is 0 Å². The third kappa shape index (κ3) is 4.41. The van der Waals surface area contributed by atoms with Gasteiger partial charge in [0.25, 0.3) is 0 Å². The van der Waals surface area contributed by atoms with E-state index in [1.54, 1.807) is 4.90 Å². The summed E-state index contributed by atoms with van der Waals surface area (Å²) in [6, 6.07) is 16.0. The Morgan fingerprint density at radius 2 is 1.36 bits per heavy atom. The van der Waals surface area contributed by atoms with Crippen LogP contribution in [0.5, 0.6) is 0 Å². The van der Waals surface area contributed by atoms with E-state index in [2.05, 4.69) is 50.9 Å². The largest absolute Gasteiger partial charge is 0.846 e.